The molecule has 0 aliphatic carbocycles. The summed E-state index contributed by atoms with van der Waals surface area (Å²) in [6.07, 6.45) is 0. The van der Waals surface area contributed by atoms with Crippen molar-refractivity contribution in [1.82, 2.24) is 4.57 Å². The van der Waals surface area contributed by atoms with Crippen molar-refractivity contribution < 1.29 is 0 Å². The monoisotopic (exact) mass is 728 g/mol. The fourth-order valence-corrected chi connectivity index (χ4v) is 8.10. The van der Waals surface area contributed by atoms with Crippen molar-refractivity contribution in [3.63, 3.8) is 0 Å². The molecule has 0 N–H and O–H groups in total. The molecule has 270 valence electrons. The van der Waals surface area contributed by atoms with Gasteiger partial charge in [-0.1, -0.05) is 163 Å². The van der Waals surface area contributed by atoms with Gasteiger partial charge in [0.1, 0.15) is 0 Å². The van der Waals surface area contributed by atoms with Crippen LogP contribution in [0.25, 0.3) is 72.0 Å². The van der Waals surface area contributed by atoms with E-state index in [-0.39, 0.29) is 0 Å². The van der Waals surface area contributed by atoms with Crippen molar-refractivity contribution >= 4 is 38.9 Å². The molecule has 0 radical (unpaired) electrons. The number of aryl methyl sites for hydroxylation is 1. The predicted octanol–water partition coefficient (Wildman–Crippen LogP) is 15.2. The molecule has 2 nitrogen and oxygen atoms in total. The zero-order valence-electron chi connectivity index (χ0n) is 31.8. The molecular formula is C55H40N2. The first-order chi connectivity index (χ1) is 28.2. The van der Waals surface area contributed by atoms with E-state index < -0.39 is 0 Å². The van der Waals surface area contributed by atoms with Crippen LogP contribution in [-0.2, 0) is 0 Å². The molecule has 0 aliphatic rings. The summed E-state index contributed by atoms with van der Waals surface area (Å²) in [5.41, 5.74) is 17.8. The number of aromatic nitrogens is 1. The summed E-state index contributed by atoms with van der Waals surface area (Å²) in [7, 11) is 0. The van der Waals surface area contributed by atoms with Gasteiger partial charge in [-0.15, -0.1) is 0 Å². The molecule has 0 amide bonds. The van der Waals surface area contributed by atoms with E-state index in [0.29, 0.717) is 0 Å². The molecule has 2 heteroatoms. The van der Waals surface area contributed by atoms with Crippen LogP contribution in [0.3, 0.4) is 0 Å². The van der Waals surface area contributed by atoms with Crippen LogP contribution in [0.4, 0.5) is 17.1 Å². The van der Waals surface area contributed by atoms with Crippen molar-refractivity contribution in [2.75, 3.05) is 4.90 Å². The number of anilines is 3. The normalized spacial score (nSPS) is 11.2. The fraction of sp³-hybridized carbons (Fsp3) is 0.0182. The molecule has 10 aromatic rings. The minimum Gasteiger partial charge on any atom is -0.311 e. The second-order valence-corrected chi connectivity index (χ2v) is 14.7. The minimum atomic E-state index is 1.10. The third-order valence-electron chi connectivity index (χ3n) is 11.1. The number of rotatable bonds is 8. The first-order valence-corrected chi connectivity index (χ1v) is 19.6. The van der Waals surface area contributed by atoms with Gasteiger partial charge >= 0.3 is 0 Å². The summed E-state index contributed by atoms with van der Waals surface area (Å²) < 4.78 is 2.39. The van der Waals surface area contributed by atoms with Crippen LogP contribution < -0.4 is 4.90 Å². The van der Waals surface area contributed by atoms with Gasteiger partial charge in [0, 0.05) is 33.5 Å². The summed E-state index contributed by atoms with van der Waals surface area (Å²) in [5.74, 6) is 0. The van der Waals surface area contributed by atoms with Gasteiger partial charge in [0.2, 0.25) is 0 Å². The van der Waals surface area contributed by atoms with Crippen LogP contribution in [-0.4, -0.2) is 4.57 Å². The Balaban J connectivity index is 0.976. The van der Waals surface area contributed by atoms with Gasteiger partial charge < -0.3 is 9.47 Å². The van der Waals surface area contributed by atoms with E-state index in [9.17, 15) is 0 Å². The van der Waals surface area contributed by atoms with E-state index in [1.165, 1.54) is 71.9 Å². The highest BCUT2D eigenvalue weighted by Crippen LogP contribution is 2.39. The molecular weight excluding hydrogens is 689 g/mol. The van der Waals surface area contributed by atoms with Crippen molar-refractivity contribution in [2.45, 2.75) is 6.92 Å². The minimum absolute atomic E-state index is 1.10. The number of benzene rings is 9. The third-order valence-corrected chi connectivity index (χ3v) is 11.1. The fourth-order valence-electron chi connectivity index (χ4n) is 8.10. The Bertz CT molecular complexity index is 2860. The lowest BCUT2D eigenvalue weighted by Crippen LogP contribution is -2.09. The molecule has 1 heterocycles. The van der Waals surface area contributed by atoms with E-state index in [4.69, 9.17) is 0 Å². The Morgan fingerprint density at radius 1 is 0.298 bits per heavy atom. The lowest BCUT2D eigenvalue weighted by atomic mass is 10.0. The van der Waals surface area contributed by atoms with E-state index >= 15 is 0 Å². The van der Waals surface area contributed by atoms with Gasteiger partial charge in [0.25, 0.3) is 0 Å². The molecule has 0 bridgehead atoms. The molecule has 0 saturated heterocycles. The highest BCUT2D eigenvalue weighted by molar-refractivity contribution is 6.10. The summed E-state index contributed by atoms with van der Waals surface area (Å²) in [5, 5.41) is 2.52. The topological polar surface area (TPSA) is 8.17 Å². The molecule has 57 heavy (non-hydrogen) atoms. The molecule has 0 fully saturated rings. The van der Waals surface area contributed by atoms with Crippen molar-refractivity contribution in [3.8, 4) is 50.2 Å². The van der Waals surface area contributed by atoms with Crippen molar-refractivity contribution in [2.24, 2.45) is 0 Å². The first-order valence-electron chi connectivity index (χ1n) is 19.6. The Labute approximate surface area is 334 Å². The summed E-state index contributed by atoms with van der Waals surface area (Å²) in [6, 6.07) is 81.2. The van der Waals surface area contributed by atoms with Crippen LogP contribution in [0.5, 0.6) is 0 Å². The van der Waals surface area contributed by atoms with Crippen LogP contribution in [0.15, 0.2) is 224 Å². The lowest BCUT2D eigenvalue weighted by molar-refractivity contribution is 1.18. The summed E-state index contributed by atoms with van der Waals surface area (Å²) in [4.78, 5) is 2.34. The standard InChI is InChI=1S/C55H40N2/c1-39-16-18-46(19-17-39)47-28-37-55-53(38-47)52-14-8-9-15-54(52)57(55)51-35-26-45(27-36-51)44-24-33-50(34-25-44)56(48-29-20-42(21-30-48)40-10-4-2-5-11-40)49-31-22-43(23-32-49)41-12-6-3-7-13-41/h2-38H,1H3. The highest BCUT2D eigenvalue weighted by Gasteiger charge is 2.16. The second kappa shape index (κ2) is 14.7. The first kappa shape index (κ1) is 34.1. The number of hydrogen-bond acceptors (Lipinski definition) is 1. The third kappa shape index (κ3) is 6.58. The molecule has 1 aromatic heterocycles. The molecule has 10 rings (SSSR count). The van der Waals surface area contributed by atoms with Gasteiger partial charge in [-0.05, 0) is 118 Å². The predicted molar refractivity (Wildman–Crippen MR) is 242 cm³/mol. The average molecular weight is 729 g/mol. The average Bonchev–Trinajstić information content (AvgIpc) is 3.62. The number of para-hydroxylation sites is 1. The summed E-state index contributed by atoms with van der Waals surface area (Å²) >= 11 is 0. The quantitative estimate of drug-likeness (QED) is 0.151. The second-order valence-electron chi connectivity index (χ2n) is 14.7. The Kier molecular flexibility index (Phi) is 8.78. The SMILES string of the molecule is Cc1ccc(-c2ccc3c(c2)c2ccccc2n3-c2ccc(-c3ccc(N(c4ccc(-c5ccccc5)cc4)c4ccc(-c5ccccc5)cc4)cc3)cc2)cc1. The van der Waals surface area contributed by atoms with E-state index in [2.05, 4.69) is 241 Å². The molecule has 9 aromatic carbocycles. The van der Waals surface area contributed by atoms with E-state index in [1.807, 2.05) is 0 Å². The maximum atomic E-state index is 2.39. The van der Waals surface area contributed by atoms with Gasteiger partial charge in [0.05, 0.1) is 11.0 Å². The molecule has 0 aliphatic heterocycles. The maximum Gasteiger partial charge on any atom is 0.0541 e. The van der Waals surface area contributed by atoms with Gasteiger partial charge in [0.15, 0.2) is 0 Å². The highest BCUT2D eigenvalue weighted by atomic mass is 15.1. The van der Waals surface area contributed by atoms with Crippen LogP contribution in [0.2, 0.25) is 0 Å². The molecule has 0 atom stereocenters. The zero-order chi connectivity index (χ0) is 38.1. The van der Waals surface area contributed by atoms with E-state index in [1.54, 1.807) is 0 Å². The maximum absolute atomic E-state index is 2.39. The number of fused-ring (bicyclic) bond motifs is 3. The molecule has 0 saturated carbocycles. The summed E-state index contributed by atoms with van der Waals surface area (Å²) in [6.45, 7) is 2.13. The Morgan fingerprint density at radius 2 is 0.667 bits per heavy atom. The number of nitrogens with zero attached hydrogens (tertiary/aromatic N) is 2. The van der Waals surface area contributed by atoms with Crippen molar-refractivity contribution in [3.05, 3.63) is 230 Å². The van der Waals surface area contributed by atoms with Crippen molar-refractivity contribution in [1.29, 1.82) is 0 Å². The van der Waals surface area contributed by atoms with Gasteiger partial charge in [-0.3, -0.25) is 0 Å². The Morgan fingerprint density at radius 3 is 1.18 bits per heavy atom. The smallest absolute Gasteiger partial charge is 0.0541 e. The number of hydrogen-bond donors (Lipinski definition) is 0. The van der Waals surface area contributed by atoms with Crippen LogP contribution >= 0.6 is 0 Å². The van der Waals surface area contributed by atoms with Crippen LogP contribution in [0.1, 0.15) is 5.56 Å². The largest absolute Gasteiger partial charge is 0.311 e. The van der Waals surface area contributed by atoms with Crippen LogP contribution in [0, 0.1) is 6.92 Å². The van der Waals surface area contributed by atoms with Gasteiger partial charge in [-0.2, -0.15) is 0 Å². The molecule has 0 unspecified atom stereocenters. The molecule has 0 spiro atoms. The Hall–Kier alpha value is -7.42. The lowest BCUT2D eigenvalue weighted by Gasteiger charge is -2.26. The van der Waals surface area contributed by atoms with E-state index in [0.717, 1.165) is 22.7 Å². The van der Waals surface area contributed by atoms with Gasteiger partial charge in [-0.25, -0.2) is 0 Å². The zero-order valence-corrected chi connectivity index (χ0v) is 31.8.